The first-order chi connectivity index (χ1) is 13.6. The van der Waals surface area contributed by atoms with E-state index >= 15 is 0 Å². The van der Waals surface area contributed by atoms with Gasteiger partial charge in [-0.1, -0.05) is 0 Å². The van der Waals surface area contributed by atoms with Gasteiger partial charge < -0.3 is 14.2 Å². The van der Waals surface area contributed by atoms with E-state index in [4.69, 9.17) is 14.2 Å². The third kappa shape index (κ3) is 2.64. The highest BCUT2D eigenvalue weighted by atomic mass is 16.5. The molecule has 0 spiro atoms. The minimum atomic E-state index is -0.543. The second-order valence-corrected chi connectivity index (χ2v) is 5.90. The number of benzene rings is 1. The third-order valence-corrected chi connectivity index (χ3v) is 4.41. The zero-order chi connectivity index (χ0) is 19.8. The fraction of sp³-hybridized carbons (Fsp3) is 0.158. The lowest BCUT2D eigenvalue weighted by atomic mass is 10.2. The van der Waals surface area contributed by atoms with Crippen molar-refractivity contribution in [3.63, 3.8) is 0 Å². The maximum atomic E-state index is 13.1. The van der Waals surface area contributed by atoms with Gasteiger partial charge in [0, 0.05) is 30.6 Å². The van der Waals surface area contributed by atoms with Crippen LogP contribution in [-0.4, -0.2) is 46.5 Å². The minimum absolute atomic E-state index is 0.228. The number of pyridine rings is 1. The number of rotatable bonds is 4. The Labute approximate surface area is 158 Å². The van der Waals surface area contributed by atoms with E-state index in [0.717, 1.165) is 0 Å². The maximum absolute atomic E-state index is 13.1. The Morgan fingerprint density at radius 1 is 1.04 bits per heavy atom. The quantitative estimate of drug-likeness (QED) is 0.498. The smallest absolute Gasteiger partial charge is 0.343 e. The van der Waals surface area contributed by atoms with Gasteiger partial charge in [-0.25, -0.2) is 14.3 Å². The molecule has 0 aliphatic carbocycles. The minimum Gasteiger partial charge on any atom is -0.497 e. The lowest BCUT2D eigenvalue weighted by molar-refractivity contribution is 0.0602. The fourth-order valence-electron chi connectivity index (χ4n) is 3.00. The number of ether oxygens (including phenoxy) is 3. The lowest BCUT2D eigenvalue weighted by Gasteiger charge is -2.11. The van der Waals surface area contributed by atoms with Crippen LogP contribution in [0.25, 0.3) is 22.2 Å². The second-order valence-electron chi connectivity index (χ2n) is 5.90. The molecule has 3 aromatic heterocycles. The number of carbonyl (C=O) groups excluding carboxylic acids is 1. The van der Waals surface area contributed by atoms with Gasteiger partial charge >= 0.3 is 5.97 Å². The highest BCUT2D eigenvalue weighted by molar-refractivity contribution is 5.96. The molecule has 0 amide bonds. The summed E-state index contributed by atoms with van der Waals surface area (Å²) in [5, 5.41) is 4.52. The number of nitrogens with zero attached hydrogens (tertiary/aromatic N) is 4. The van der Waals surface area contributed by atoms with Crippen molar-refractivity contribution in [2.24, 2.45) is 0 Å². The first-order valence-corrected chi connectivity index (χ1v) is 8.27. The molecule has 1 aromatic carbocycles. The molecule has 0 saturated heterocycles. The Balaban J connectivity index is 1.94. The second kappa shape index (κ2) is 6.69. The van der Waals surface area contributed by atoms with Crippen LogP contribution in [0.5, 0.6) is 11.5 Å². The Hall–Kier alpha value is -3.88. The first-order valence-electron chi connectivity index (χ1n) is 8.27. The van der Waals surface area contributed by atoms with E-state index in [0.29, 0.717) is 33.7 Å². The van der Waals surface area contributed by atoms with E-state index < -0.39 is 5.97 Å². The predicted molar refractivity (Wildman–Crippen MR) is 101 cm³/mol. The van der Waals surface area contributed by atoms with Crippen molar-refractivity contribution in [2.75, 3.05) is 21.3 Å². The molecule has 4 rings (SSSR count). The van der Waals surface area contributed by atoms with Crippen LogP contribution < -0.4 is 15.0 Å². The summed E-state index contributed by atoms with van der Waals surface area (Å²) in [6.07, 6.45) is 4.42. The molecule has 9 nitrogen and oxygen atoms in total. The third-order valence-electron chi connectivity index (χ3n) is 4.41. The number of methoxy groups -OCH3 is 3. The van der Waals surface area contributed by atoms with E-state index in [1.54, 1.807) is 44.7 Å². The van der Waals surface area contributed by atoms with Crippen LogP contribution in [0.1, 0.15) is 10.4 Å². The first kappa shape index (κ1) is 17.5. The standard InChI is InChI=1S/C19H16N4O5/c1-26-12-6-11(7-13(8-12)27-2)22-5-4-16-14(18(22)24)9-20-17-15(19(25)28-3)10-21-23(16)17/h4-10H,1-3H3. The van der Waals surface area contributed by atoms with E-state index in [1.165, 1.54) is 28.6 Å². The summed E-state index contributed by atoms with van der Waals surface area (Å²) < 4.78 is 18.2. The van der Waals surface area contributed by atoms with Gasteiger partial charge in [-0.05, 0) is 6.07 Å². The average Bonchev–Trinajstić information content (AvgIpc) is 3.17. The molecule has 0 aliphatic heterocycles. The highest BCUT2D eigenvalue weighted by Crippen LogP contribution is 2.25. The van der Waals surface area contributed by atoms with Crippen LogP contribution in [0.4, 0.5) is 0 Å². The van der Waals surface area contributed by atoms with Crippen molar-refractivity contribution in [1.82, 2.24) is 19.2 Å². The van der Waals surface area contributed by atoms with Crippen LogP contribution in [0, 0.1) is 0 Å². The summed E-state index contributed by atoms with van der Waals surface area (Å²) in [5.41, 5.74) is 1.36. The summed E-state index contributed by atoms with van der Waals surface area (Å²) >= 11 is 0. The van der Waals surface area contributed by atoms with E-state index in [2.05, 4.69) is 10.1 Å². The van der Waals surface area contributed by atoms with Crippen LogP contribution in [0.15, 0.2) is 47.7 Å². The van der Waals surface area contributed by atoms with E-state index in [9.17, 15) is 9.59 Å². The molecule has 0 unspecified atom stereocenters. The summed E-state index contributed by atoms with van der Waals surface area (Å²) in [4.78, 5) is 29.2. The molecule has 9 heteroatoms. The average molecular weight is 380 g/mol. The number of hydrogen-bond acceptors (Lipinski definition) is 7. The van der Waals surface area contributed by atoms with Crippen molar-refractivity contribution >= 4 is 22.5 Å². The van der Waals surface area contributed by atoms with Crippen molar-refractivity contribution < 1.29 is 19.0 Å². The summed E-state index contributed by atoms with van der Waals surface area (Å²) in [5.74, 6) is 0.577. The van der Waals surface area contributed by atoms with Crippen LogP contribution in [0.2, 0.25) is 0 Å². The Morgan fingerprint density at radius 3 is 2.39 bits per heavy atom. The van der Waals surface area contributed by atoms with Crippen LogP contribution in [-0.2, 0) is 4.74 Å². The lowest BCUT2D eigenvalue weighted by Crippen LogP contribution is -2.19. The van der Waals surface area contributed by atoms with Crippen molar-refractivity contribution in [1.29, 1.82) is 0 Å². The highest BCUT2D eigenvalue weighted by Gasteiger charge is 2.17. The number of esters is 1. The molecule has 142 valence electrons. The number of hydrogen-bond donors (Lipinski definition) is 0. The van der Waals surface area contributed by atoms with Gasteiger partial charge in [-0.3, -0.25) is 9.36 Å². The van der Waals surface area contributed by atoms with Crippen molar-refractivity contribution in [2.45, 2.75) is 0 Å². The number of fused-ring (bicyclic) bond motifs is 3. The molecular formula is C19H16N4O5. The molecule has 4 aromatic rings. The summed E-state index contributed by atoms with van der Waals surface area (Å²) in [7, 11) is 4.37. The van der Waals surface area contributed by atoms with Crippen molar-refractivity contribution in [3.8, 4) is 17.2 Å². The van der Waals surface area contributed by atoms with Crippen LogP contribution >= 0.6 is 0 Å². The van der Waals surface area contributed by atoms with Crippen LogP contribution in [0.3, 0.4) is 0 Å². The largest absolute Gasteiger partial charge is 0.497 e. The van der Waals surface area contributed by atoms with E-state index in [-0.39, 0.29) is 11.1 Å². The van der Waals surface area contributed by atoms with Gasteiger partial charge in [0.1, 0.15) is 17.1 Å². The van der Waals surface area contributed by atoms with Gasteiger partial charge in [0.05, 0.1) is 44.1 Å². The molecule has 0 radical (unpaired) electrons. The van der Waals surface area contributed by atoms with Gasteiger partial charge in [0.2, 0.25) is 0 Å². The summed E-state index contributed by atoms with van der Waals surface area (Å²) in [6, 6.07) is 6.90. The molecule has 0 N–H and O–H groups in total. The van der Waals surface area contributed by atoms with E-state index in [1.807, 2.05) is 0 Å². The number of aromatic nitrogens is 4. The molecule has 0 bridgehead atoms. The Kier molecular flexibility index (Phi) is 4.19. The van der Waals surface area contributed by atoms with Gasteiger partial charge in [0.25, 0.3) is 5.56 Å². The maximum Gasteiger partial charge on any atom is 0.343 e. The van der Waals surface area contributed by atoms with Crippen molar-refractivity contribution in [3.05, 3.63) is 58.8 Å². The number of carbonyl (C=O) groups is 1. The molecule has 0 saturated carbocycles. The topological polar surface area (TPSA) is 97.0 Å². The zero-order valence-corrected chi connectivity index (χ0v) is 15.4. The Morgan fingerprint density at radius 2 is 1.75 bits per heavy atom. The predicted octanol–water partition coefficient (Wildman–Crippen LogP) is 1.84. The fourth-order valence-corrected chi connectivity index (χ4v) is 3.00. The molecule has 0 fully saturated rings. The summed E-state index contributed by atoms with van der Waals surface area (Å²) in [6.45, 7) is 0. The van der Waals surface area contributed by atoms with Gasteiger partial charge in [0.15, 0.2) is 5.65 Å². The molecular weight excluding hydrogens is 364 g/mol. The molecule has 3 heterocycles. The normalized spacial score (nSPS) is 11.0. The molecule has 0 aliphatic rings. The van der Waals surface area contributed by atoms with Gasteiger partial charge in [-0.15, -0.1) is 0 Å². The monoisotopic (exact) mass is 380 g/mol. The van der Waals surface area contributed by atoms with Gasteiger partial charge in [-0.2, -0.15) is 5.10 Å². The Bertz CT molecular complexity index is 1250. The molecule has 0 atom stereocenters. The SMILES string of the molecule is COC(=O)c1cnn2c1ncc1c(=O)n(-c3cc(OC)cc(OC)c3)ccc12. The zero-order valence-electron chi connectivity index (χ0n) is 15.4. The molecule has 28 heavy (non-hydrogen) atoms.